The molecule has 4 nitrogen and oxygen atoms in total. The van der Waals surface area contributed by atoms with Crippen molar-refractivity contribution < 1.29 is 9.59 Å². The van der Waals surface area contributed by atoms with Crippen LogP contribution in [0.4, 0.5) is 0 Å². The highest BCUT2D eigenvalue weighted by Gasteiger charge is 2.39. The highest BCUT2D eigenvalue weighted by Crippen LogP contribution is 2.38. The number of nitrogens with one attached hydrogen (secondary N) is 1. The van der Waals surface area contributed by atoms with Crippen LogP contribution in [0.15, 0.2) is 17.5 Å². The Balaban J connectivity index is 1.74. The third kappa shape index (κ3) is 3.19. The molecule has 2 atom stereocenters. The van der Waals surface area contributed by atoms with E-state index in [1.54, 1.807) is 16.2 Å². The predicted octanol–water partition coefficient (Wildman–Crippen LogP) is 3.11. The summed E-state index contributed by atoms with van der Waals surface area (Å²) in [6, 6.07) is 4.24. The molecule has 1 aromatic rings. The van der Waals surface area contributed by atoms with Crippen molar-refractivity contribution in [3.63, 3.8) is 0 Å². The number of likely N-dealkylation sites (tertiary alicyclic amines) is 1. The summed E-state index contributed by atoms with van der Waals surface area (Å²) in [6.07, 6.45) is 7.02. The van der Waals surface area contributed by atoms with Crippen molar-refractivity contribution in [2.45, 2.75) is 57.0 Å². The van der Waals surface area contributed by atoms with E-state index in [9.17, 15) is 9.59 Å². The van der Waals surface area contributed by atoms with Gasteiger partial charge in [-0.2, -0.15) is 0 Å². The minimum Gasteiger partial charge on any atom is -0.353 e. The fourth-order valence-electron chi connectivity index (χ4n) is 3.72. The first-order valence-electron chi connectivity index (χ1n) is 8.26. The smallest absolute Gasteiger partial charge is 0.225 e. The van der Waals surface area contributed by atoms with Gasteiger partial charge in [-0.15, -0.1) is 11.3 Å². The van der Waals surface area contributed by atoms with Crippen LogP contribution in [0.2, 0.25) is 0 Å². The molecule has 0 unspecified atom stereocenters. The molecule has 1 saturated heterocycles. The summed E-state index contributed by atoms with van der Waals surface area (Å²) >= 11 is 1.63. The summed E-state index contributed by atoms with van der Waals surface area (Å²) in [7, 11) is 1.83. The quantitative estimate of drug-likeness (QED) is 0.930. The normalized spacial score (nSPS) is 27.0. The van der Waals surface area contributed by atoms with Crippen LogP contribution in [0.5, 0.6) is 0 Å². The molecule has 1 N–H and O–H groups in total. The first-order valence-corrected chi connectivity index (χ1v) is 9.14. The maximum absolute atomic E-state index is 12.8. The van der Waals surface area contributed by atoms with Gasteiger partial charge in [0.05, 0.1) is 12.0 Å². The molecule has 0 aromatic carbocycles. The van der Waals surface area contributed by atoms with Gasteiger partial charge in [0.25, 0.3) is 0 Å². The van der Waals surface area contributed by atoms with Crippen molar-refractivity contribution in [1.29, 1.82) is 0 Å². The van der Waals surface area contributed by atoms with E-state index in [-0.39, 0.29) is 23.8 Å². The Kier molecular flexibility index (Phi) is 4.81. The Bertz CT molecular complexity index is 523. The Morgan fingerprint density at radius 1 is 1.27 bits per heavy atom. The van der Waals surface area contributed by atoms with Gasteiger partial charge >= 0.3 is 0 Å². The van der Waals surface area contributed by atoms with Crippen LogP contribution in [0.1, 0.15) is 55.9 Å². The monoisotopic (exact) mass is 320 g/mol. The molecule has 2 fully saturated rings. The van der Waals surface area contributed by atoms with E-state index < -0.39 is 0 Å². The van der Waals surface area contributed by atoms with Crippen LogP contribution in [0.3, 0.4) is 0 Å². The summed E-state index contributed by atoms with van der Waals surface area (Å²) in [5.74, 6) is 0.146. The number of amides is 2. The molecule has 2 heterocycles. The van der Waals surface area contributed by atoms with E-state index in [0.29, 0.717) is 18.9 Å². The van der Waals surface area contributed by atoms with Crippen LogP contribution in [-0.4, -0.2) is 29.8 Å². The highest BCUT2D eigenvalue weighted by atomic mass is 32.1. The number of hydrogen-bond acceptors (Lipinski definition) is 3. The molecule has 120 valence electrons. The van der Waals surface area contributed by atoms with E-state index >= 15 is 0 Å². The second kappa shape index (κ2) is 6.82. The number of carbonyl (C=O) groups is 2. The van der Waals surface area contributed by atoms with Crippen LogP contribution in [0, 0.1) is 5.92 Å². The molecule has 1 aliphatic carbocycles. The van der Waals surface area contributed by atoms with Crippen LogP contribution in [0.25, 0.3) is 0 Å². The molecular weight excluding hydrogens is 296 g/mol. The maximum Gasteiger partial charge on any atom is 0.225 e. The molecule has 1 aromatic heterocycles. The van der Waals surface area contributed by atoms with E-state index in [1.807, 2.05) is 24.6 Å². The lowest BCUT2D eigenvalue weighted by atomic mass is 9.86. The molecule has 2 amide bonds. The van der Waals surface area contributed by atoms with Crippen LogP contribution < -0.4 is 5.32 Å². The highest BCUT2D eigenvalue weighted by molar-refractivity contribution is 7.10. The lowest BCUT2D eigenvalue weighted by molar-refractivity contribution is -0.141. The first-order chi connectivity index (χ1) is 10.7. The molecule has 0 radical (unpaired) electrons. The number of nitrogens with zero attached hydrogens (tertiary/aromatic N) is 1. The number of carbonyl (C=O) groups excluding carboxylic acids is 2. The van der Waals surface area contributed by atoms with Gasteiger partial charge in [-0.05, 0) is 30.7 Å². The molecule has 1 saturated carbocycles. The van der Waals surface area contributed by atoms with Crippen molar-refractivity contribution in [3.8, 4) is 0 Å². The average Bonchev–Trinajstić information content (AvgIpc) is 3.04. The molecule has 0 bridgehead atoms. The van der Waals surface area contributed by atoms with Gasteiger partial charge in [0.15, 0.2) is 0 Å². The molecule has 3 rings (SSSR count). The molecular formula is C17H24N2O2S. The maximum atomic E-state index is 12.8. The van der Waals surface area contributed by atoms with Crippen LogP contribution in [-0.2, 0) is 9.59 Å². The molecule has 0 spiro atoms. The fraction of sp³-hybridized carbons (Fsp3) is 0.647. The second-order valence-corrected chi connectivity index (χ2v) is 7.43. The Morgan fingerprint density at radius 3 is 2.73 bits per heavy atom. The van der Waals surface area contributed by atoms with Crippen molar-refractivity contribution in [1.82, 2.24) is 10.2 Å². The Hall–Kier alpha value is -1.36. The van der Waals surface area contributed by atoms with Crippen LogP contribution >= 0.6 is 11.3 Å². The van der Waals surface area contributed by atoms with Crippen molar-refractivity contribution in [2.75, 3.05) is 7.05 Å². The van der Waals surface area contributed by atoms with Gasteiger partial charge in [-0.3, -0.25) is 9.59 Å². The van der Waals surface area contributed by atoms with Gasteiger partial charge in [-0.1, -0.05) is 25.3 Å². The molecule has 5 heteroatoms. The Morgan fingerprint density at radius 2 is 2.05 bits per heavy atom. The number of rotatable bonds is 3. The minimum atomic E-state index is -0.122. The lowest BCUT2D eigenvalue weighted by Crippen LogP contribution is -2.48. The summed E-state index contributed by atoms with van der Waals surface area (Å²) < 4.78 is 0. The van der Waals surface area contributed by atoms with Gasteiger partial charge in [0.1, 0.15) is 0 Å². The molecule has 22 heavy (non-hydrogen) atoms. The fourth-order valence-corrected chi connectivity index (χ4v) is 4.65. The number of piperidine rings is 1. The summed E-state index contributed by atoms with van der Waals surface area (Å²) in [4.78, 5) is 27.7. The van der Waals surface area contributed by atoms with Gasteiger partial charge in [0.2, 0.25) is 11.8 Å². The SMILES string of the molecule is CN1C(=O)CC[C@@H](C(=O)NC2CCCCC2)[C@H]1c1cccs1. The second-order valence-electron chi connectivity index (χ2n) is 6.45. The largest absolute Gasteiger partial charge is 0.353 e. The van der Waals surface area contributed by atoms with Crippen molar-refractivity contribution in [2.24, 2.45) is 5.92 Å². The van der Waals surface area contributed by atoms with E-state index in [0.717, 1.165) is 17.7 Å². The zero-order chi connectivity index (χ0) is 15.5. The van der Waals surface area contributed by atoms with E-state index in [2.05, 4.69) is 5.32 Å². The van der Waals surface area contributed by atoms with E-state index in [4.69, 9.17) is 0 Å². The minimum absolute atomic E-state index is 0.107. The van der Waals surface area contributed by atoms with Crippen molar-refractivity contribution >= 4 is 23.2 Å². The summed E-state index contributed by atoms with van der Waals surface area (Å²) in [5, 5.41) is 5.26. The predicted molar refractivity (Wildman–Crippen MR) is 87.6 cm³/mol. The third-order valence-electron chi connectivity index (χ3n) is 4.98. The lowest BCUT2D eigenvalue weighted by Gasteiger charge is -2.38. The van der Waals surface area contributed by atoms with Gasteiger partial charge in [-0.25, -0.2) is 0 Å². The third-order valence-corrected chi connectivity index (χ3v) is 5.93. The molecule has 2 aliphatic rings. The van der Waals surface area contributed by atoms with Crippen molar-refractivity contribution in [3.05, 3.63) is 22.4 Å². The zero-order valence-electron chi connectivity index (χ0n) is 13.1. The Labute approximate surface area is 135 Å². The average molecular weight is 320 g/mol. The molecule has 1 aliphatic heterocycles. The van der Waals surface area contributed by atoms with E-state index in [1.165, 1.54) is 19.3 Å². The zero-order valence-corrected chi connectivity index (χ0v) is 13.9. The first kappa shape index (κ1) is 15.5. The summed E-state index contributed by atoms with van der Waals surface area (Å²) in [5.41, 5.74) is 0. The summed E-state index contributed by atoms with van der Waals surface area (Å²) in [6.45, 7) is 0. The van der Waals surface area contributed by atoms with Gasteiger partial charge < -0.3 is 10.2 Å². The number of thiophene rings is 1. The topological polar surface area (TPSA) is 49.4 Å². The number of hydrogen-bond donors (Lipinski definition) is 1. The van der Waals surface area contributed by atoms with Gasteiger partial charge in [0, 0.05) is 24.4 Å². The standard InChI is InChI=1S/C17H24N2O2S/c1-19-15(20)10-9-13(16(19)14-8-5-11-22-14)17(21)18-12-6-3-2-4-7-12/h5,8,11-13,16H,2-4,6-7,9-10H2,1H3,(H,18,21)/t13-,16+/m1/s1.